The summed E-state index contributed by atoms with van der Waals surface area (Å²) in [5.41, 5.74) is 3.77. The molecule has 84 valence electrons. The van der Waals surface area contributed by atoms with E-state index in [9.17, 15) is 0 Å². The largest absolute Gasteiger partial charge is 0.317 e. The van der Waals surface area contributed by atoms with Crippen LogP contribution in [0.1, 0.15) is 30.1 Å². The SMILES string of the molecule is Cc1nccn2c(C3CCCNC3)ccc12. The second kappa shape index (κ2) is 3.91. The average Bonchev–Trinajstić information content (AvgIpc) is 2.75. The van der Waals surface area contributed by atoms with Gasteiger partial charge in [-0.3, -0.25) is 4.98 Å². The number of fused-ring (bicyclic) bond motifs is 1. The van der Waals surface area contributed by atoms with Crippen LogP contribution in [0.4, 0.5) is 0 Å². The molecule has 1 N–H and O–H groups in total. The van der Waals surface area contributed by atoms with Crippen LogP contribution in [0, 0.1) is 6.92 Å². The van der Waals surface area contributed by atoms with E-state index in [4.69, 9.17) is 0 Å². The molecule has 3 nitrogen and oxygen atoms in total. The molecule has 0 aliphatic carbocycles. The molecule has 3 rings (SSSR count). The van der Waals surface area contributed by atoms with Gasteiger partial charge in [0.25, 0.3) is 0 Å². The number of hydrogen-bond acceptors (Lipinski definition) is 2. The lowest BCUT2D eigenvalue weighted by molar-refractivity contribution is 0.453. The van der Waals surface area contributed by atoms with Crippen LogP contribution in [0.3, 0.4) is 0 Å². The van der Waals surface area contributed by atoms with Crippen LogP contribution in [-0.2, 0) is 0 Å². The lowest BCUT2D eigenvalue weighted by Gasteiger charge is -2.22. The van der Waals surface area contributed by atoms with Gasteiger partial charge in [0.2, 0.25) is 0 Å². The molecule has 2 aromatic rings. The molecule has 0 amide bonds. The molecule has 1 unspecified atom stereocenters. The van der Waals surface area contributed by atoms with Gasteiger partial charge in [-0.05, 0) is 38.4 Å². The van der Waals surface area contributed by atoms with E-state index in [1.165, 1.54) is 30.6 Å². The van der Waals surface area contributed by atoms with E-state index in [-0.39, 0.29) is 0 Å². The summed E-state index contributed by atoms with van der Waals surface area (Å²) in [6.45, 7) is 4.34. The van der Waals surface area contributed by atoms with Gasteiger partial charge in [0, 0.05) is 30.6 Å². The van der Waals surface area contributed by atoms with Crippen molar-refractivity contribution in [3.8, 4) is 0 Å². The predicted octanol–water partition coefficient (Wildman–Crippen LogP) is 2.11. The highest BCUT2D eigenvalue weighted by Gasteiger charge is 2.18. The molecule has 1 fully saturated rings. The lowest BCUT2D eigenvalue weighted by Crippen LogP contribution is -2.29. The molecule has 0 aromatic carbocycles. The second-order valence-corrected chi connectivity index (χ2v) is 4.57. The van der Waals surface area contributed by atoms with Crippen molar-refractivity contribution >= 4 is 5.52 Å². The van der Waals surface area contributed by atoms with Crippen LogP contribution < -0.4 is 5.32 Å². The Hall–Kier alpha value is -1.35. The van der Waals surface area contributed by atoms with Crippen molar-refractivity contribution in [1.82, 2.24) is 14.7 Å². The maximum atomic E-state index is 4.33. The summed E-state index contributed by atoms with van der Waals surface area (Å²) in [7, 11) is 0. The fourth-order valence-corrected chi connectivity index (χ4v) is 2.64. The van der Waals surface area contributed by atoms with Gasteiger partial charge in [0.1, 0.15) is 0 Å². The number of nitrogens with one attached hydrogen (secondary N) is 1. The summed E-state index contributed by atoms with van der Waals surface area (Å²) >= 11 is 0. The minimum absolute atomic E-state index is 0.651. The summed E-state index contributed by atoms with van der Waals surface area (Å²) in [4.78, 5) is 4.33. The van der Waals surface area contributed by atoms with Gasteiger partial charge in [-0.1, -0.05) is 0 Å². The van der Waals surface area contributed by atoms with Crippen LogP contribution in [0.2, 0.25) is 0 Å². The molecule has 0 bridgehead atoms. The summed E-state index contributed by atoms with van der Waals surface area (Å²) < 4.78 is 2.29. The topological polar surface area (TPSA) is 29.3 Å². The van der Waals surface area contributed by atoms with E-state index in [0.29, 0.717) is 5.92 Å². The van der Waals surface area contributed by atoms with E-state index in [1.54, 1.807) is 0 Å². The minimum Gasteiger partial charge on any atom is -0.317 e. The highest BCUT2D eigenvalue weighted by molar-refractivity contribution is 5.53. The van der Waals surface area contributed by atoms with Gasteiger partial charge >= 0.3 is 0 Å². The van der Waals surface area contributed by atoms with Crippen molar-refractivity contribution in [2.45, 2.75) is 25.7 Å². The minimum atomic E-state index is 0.651. The Morgan fingerprint density at radius 2 is 2.38 bits per heavy atom. The van der Waals surface area contributed by atoms with Crippen LogP contribution in [0.5, 0.6) is 0 Å². The quantitative estimate of drug-likeness (QED) is 0.789. The van der Waals surface area contributed by atoms with Crippen molar-refractivity contribution in [3.63, 3.8) is 0 Å². The monoisotopic (exact) mass is 215 g/mol. The zero-order valence-corrected chi connectivity index (χ0v) is 9.61. The molecule has 2 aromatic heterocycles. The van der Waals surface area contributed by atoms with Gasteiger partial charge in [-0.2, -0.15) is 0 Å². The first kappa shape index (κ1) is 9.85. The Morgan fingerprint density at radius 1 is 1.44 bits per heavy atom. The molecule has 1 atom stereocenters. The molecule has 1 aliphatic heterocycles. The van der Waals surface area contributed by atoms with Gasteiger partial charge < -0.3 is 9.72 Å². The van der Waals surface area contributed by atoms with Gasteiger partial charge in [0.05, 0.1) is 11.2 Å². The van der Waals surface area contributed by atoms with E-state index < -0.39 is 0 Å². The average molecular weight is 215 g/mol. The molecule has 1 saturated heterocycles. The standard InChI is InChI=1S/C13H17N3/c1-10-12-4-5-13(16(12)8-7-15-10)11-3-2-6-14-9-11/h4-5,7-8,11,14H,2-3,6,9H2,1H3. The number of hydrogen-bond donors (Lipinski definition) is 1. The zero-order chi connectivity index (χ0) is 11.0. The first-order chi connectivity index (χ1) is 7.86. The van der Waals surface area contributed by atoms with Gasteiger partial charge in [0.15, 0.2) is 0 Å². The zero-order valence-electron chi connectivity index (χ0n) is 9.61. The van der Waals surface area contributed by atoms with Crippen molar-refractivity contribution in [2.75, 3.05) is 13.1 Å². The molecule has 0 spiro atoms. The summed E-state index contributed by atoms with van der Waals surface area (Å²) in [6, 6.07) is 4.44. The number of piperidine rings is 1. The number of rotatable bonds is 1. The van der Waals surface area contributed by atoms with E-state index in [1.807, 2.05) is 6.20 Å². The van der Waals surface area contributed by atoms with Crippen LogP contribution in [-0.4, -0.2) is 22.5 Å². The smallest absolute Gasteiger partial charge is 0.0666 e. The van der Waals surface area contributed by atoms with E-state index in [2.05, 4.69) is 40.0 Å². The van der Waals surface area contributed by atoms with Gasteiger partial charge in [-0.15, -0.1) is 0 Å². The highest BCUT2D eigenvalue weighted by atomic mass is 15.0. The van der Waals surface area contributed by atoms with Crippen molar-refractivity contribution in [3.05, 3.63) is 35.9 Å². The third-order valence-corrected chi connectivity index (χ3v) is 3.52. The Kier molecular flexibility index (Phi) is 2.40. The normalized spacial score (nSPS) is 21.4. The molecule has 0 radical (unpaired) electrons. The lowest BCUT2D eigenvalue weighted by atomic mass is 9.96. The summed E-state index contributed by atoms with van der Waals surface area (Å²) in [5.74, 6) is 0.651. The van der Waals surface area contributed by atoms with Crippen LogP contribution in [0.25, 0.3) is 5.52 Å². The fraction of sp³-hybridized carbons (Fsp3) is 0.462. The molecule has 0 saturated carbocycles. The maximum Gasteiger partial charge on any atom is 0.0666 e. The highest BCUT2D eigenvalue weighted by Crippen LogP contribution is 2.25. The number of aryl methyl sites for hydroxylation is 1. The molecule has 1 aliphatic rings. The third kappa shape index (κ3) is 1.52. The predicted molar refractivity (Wildman–Crippen MR) is 64.8 cm³/mol. The van der Waals surface area contributed by atoms with Crippen molar-refractivity contribution in [1.29, 1.82) is 0 Å². The fourth-order valence-electron chi connectivity index (χ4n) is 2.64. The molecular weight excluding hydrogens is 198 g/mol. The Balaban J connectivity index is 2.06. The van der Waals surface area contributed by atoms with E-state index in [0.717, 1.165) is 12.2 Å². The Morgan fingerprint density at radius 3 is 3.19 bits per heavy atom. The molecular formula is C13H17N3. The van der Waals surface area contributed by atoms with Crippen LogP contribution in [0.15, 0.2) is 24.5 Å². The van der Waals surface area contributed by atoms with E-state index >= 15 is 0 Å². The first-order valence-electron chi connectivity index (χ1n) is 5.99. The Labute approximate surface area is 95.5 Å². The first-order valence-corrected chi connectivity index (χ1v) is 5.99. The molecule has 16 heavy (non-hydrogen) atoms. The number of nitrogens with zero attached hydrogens (tertiary/aromatic N) is 2. The number of aromatic nitrogens is 2. The summed E-state index contributed by atoms with van der Waals surface area (Å²) in [6.07, 6.45) is 6.54. The van der Waals surface area contributed by atoms with Crippen molar-refractivity contribution in [2.24, 2.45) is 0 Å². The van der Waals surface area contributed by atoms with Crippen molar-refractivity contribution < 1.29 is 0 Å². The molecule has 3 heteroatoms. The van der Waals surface area contributed by atoms with Gasteiger partial charge in [-0.25, -0.2) is 0 Å². The second-order valence-electron chi connectivity index (χ2n) is 4.57. The Bertz CT molecular complexity index is 495. The maximum absolute atomic E-state index is 4.33. The summed E-state index contributed by atoms with van der Waals surface area (Å²) in [5, 5.41) is 3.47. The molecule has 3 heterocycles. The van der Waals surface area contributed by atoms with Crippen LogP contribution >= 0.6 is 0 Å². The third-order valence-electron chi connectivity index (χ3n) is 3.52.